The minimum Gasteiger partial charge on any atom is -0.444 e. The second kappa shape index (κ2) is 11.8. The molecule has 0 saturated carbocycles. The molecule has 4 heterocycles. The number of amides is 2. The van der Waals surface area contributed by atoms with E-state index in [1.165, 1.54) is 4.90 Å². The van der Waals surface area contributed by atoms with Crippen molar-refractivity contribution < 1.29 is 44.8 Å². The average molecular weight is 639 g/mol. The van der Waals surface area contributed by atoms with Gasteiger partial charge in [-0.05, 0) is 55.4 Å². The third kappa shape index (κ3) is 8.23. The number of fused-ring (bicyclic) bond motifs is 2. The second-order valence-electron chi connectivity index (χ2n) is 12.3. The van der Waals surface area contributed by atoms with Gasteiger partial charge in [0.1, 0.15) is 11.2 Å². The number of alkyl halides is 3. The fraction of sp³-hybridized carbons (Fsp3) is 0.680. The normalized spacial score (nSPS) is 19.0. The highest BCUT2D eigenvalue weighted by molar-refractivity contribution is 7.87. The summed E-state index contributed by atoms with van der Waals surface area (Å²) in [5.41, 5.74) is -5.05. The van der Waals surface area contributed by atoms with Crippen LogP contribution in [-0.4, -0.2) is 79.6 Å². The lowest BCUT2D eigenvalue weighted by atomic mass is 10.0. The standard InChI is InChI=1S/C13H18F3N3O5S.C12H19N3O3/c1-7-5-9-8(6-19(7)11(20)23-12(2,3)4)10(18-17-9)24-25(21,22)13(14,15)16;1-7-5-9-8(10(16)14-13-9)6-15(7)11(17)18-12(2,3)4/h7H,5-6H2,1-4H3,(H,17,18);7H,5-6H2,1-4H3,(H2,13,14,16)/t2*7-/m00/s1. The first-order valence-corrected chi connectivity index (χ1v) is 14.7. The Morgan fingerprint density at radius 1 is 0.837 bits per heavy atom. The van der Waals surface area contributed by atoms with Gasteiger partial charge in [0, 0.05) is 36.3 Å². The van der Waals surface area contributed by atoms with Crippen LogP contribution in [0.1, 0.15) is 77.9 Å². The Balaban J connectivity index is 0.000000248. The molecule has 14 nitrogen and oxygen atoms in total. The molecule has 0 fully saturated rings. The largest absolute Gasteiger partial charge is 0.534 e. The number of H-pyrrole nitrogens is 3. The zero-order valence-electron chi connectivity index (χ0n) is 25.1. The first-order valence-electron chi connectivity index (χ1n) is 13.3. The molecule has 2 aromatic rings. The Hall–Kier alpha value is -3.70. The van der Waals surface area contributed by atoms with Gasteiger partial charge in [-0.2, -0.15) is 21.6 Å². The first-order chi connectivity index (χ1) is 19.5. The molecule has 2 aromatic heterocycles. The summed E-state index contributed by atoms with van der Waals surface area (Å²) in [7, 11) is -5.85. The number of rotatable bonds is 2. The van der Waals surface area contributed by atoms with E-state index in [0.29, 0.717) is 24.2 Å². The number of nitrogens with zero attached hydrogens (tertiary/aromatic N) is 3. The number of carbonyl (C=O) groups is 2. The molecule has 242 valence electrons. The van der Waals surface area contributed by atoms with Crippen LogP contribution in [0.4, 0.5) is 22.8 Å². The van der Waals surface area contributed by atoms with Crippen molar-refractivity contribution in [3.63, 3.8) is 0 Å². The maximum Gasteiger partial charge on any atom is 0.534 e. The minimum absolute atomic E-state index is 0.0128. The highest BCUT2D eigenvalue weighted by atomic mass is 32.2. The van der Waals surface area contributed by atoms with Crippen LogP contribution in [-0.2, 0) is 45.5 Å². The van der Waals surface area contributed by atoms with Crippen molar-refractivity contribution in [2.75, 3.05) is 0 Å². The number of halogens is 3. The predicted molar refractivity (Wildman–Crippen MR) is 145 cm³/mol. The fourth-order valence-corrected chi connectivity index (χ4v) is 4.73. The summed E-state index contributed by atoms with van der Waals surface area (Å²) in [4.78, 5) is 38.7. The molecule has 2 aliphatic heterocycles. The molecule has 0 radical (unpaired) electrons. The van der Waals surface area contributed by atoms with Gasteiger partial charge in [0.05, 0.1) is 24.2 Å². The molecular formula is C25H37F3N6O8S. The summed E-state index contributed by atoms with van der Waals surface area (Å²) in [6, 6.07) is -0.311. The maximum absolute atomic E-state index is 12.5. The molecule has 0 bridgehead atoms. The molecule has 3 N–H and O–H groups in total. The molecule has 2 aliphatic rings. The van der Waals surface area contributed by atoms with Gasteiger partial charge < -0.3 is 28.6 Å². The molecule has 0 unspecified atom stereocenters. The van der Waals surface area contributed by atoms with E-state index in [2.05, 4.69) is 24.6 Å². The van der Waals surface area contributed by atoms with Crippen LogP contribution >= 0.6 is 0 Å². The molecule has 0 aromatic carbocycles. The summed E-state index contributed by atoms with van der Waals surface area (Å²) >= 11 is 0. The van der Waals surface area contributed by atoms with E-state index in [0.717, 1.165) is 5.69 Å². The molecule has 43 heavy (non-hydrogen) atoms. The molecular weight excluding hydrogens is 601 g/mol. The molecule has 2 atom stereocenters. The maximum atomic E-state index is 12.5. The van der Waals surface area contributed by atoms with Gasteiger partial charge in [-0.15, -0.1) is 5.10 Å². The Bertz CT molecular complexity index is 1500. The van der Waals surface area contributed by atoms with Crippen LogP contribution in [0.5, 0.6) is 5.88 Å². The Labute approximate surface area is 246 Å². The highest BCUT2D eigenvalue weighted by Crippen LogP contribution is 2.33. The van der Waals surface area contributed by atoms with Gasteiger partial charge in [-0.3, -0.25) is 15.0 Å². The van der Waals surface area contributed by atoms with Gasteiger partial charge >= 0.3 is 27.8 Å². The van der Waals surface area contributed by atoms with Crippen molar-refractivity contribution in [1.82, 2.24) is 30.2 Å². The summed E-state index contributed by atoms with van der Waals surface area (Å²) in [6.45, 7) is 14.3. The van der Waals surface area contributed by atoms with Crippen LogP contribution in [0.2, 0.25) is 0 Å². The van der Waals surface area contributed by atoms with Crippen molar-refractivity contribution in [1.29, 1.82) is 0 Å². The number of aromatic nitrogens is 4. The van der Waals surface area contributed by atoms with E-state index in [1.54, 1.807) is 32.6 Å². The fourth-order valence-electron chi connectivity index (χ4n) is 4.29. The first kappa shape index (κ1) is 33.8. The number of hydrogen-bond donors (Lipinski definition) is 3. The van der Waals surface area contributed by atoms with Crippen molar-refractivity contribution in [3.05, 3.63) is 32.9 Å². The van der Waals surface area contributed by atoms with E-state index >= 15 is 0 Å². The monoisotopic (exact) mass is 638 g/mol. The van der Waals surface area contributed by atoms with Gasteiger partial charge in [-0.1, -0.05) is 0 Å². The smallest absolute Gasteiger partial charge is 0.444 e. The van der Waals surface area contributed by atoms with E-state index < -0.39 is 38.8 Å². The number of hydrogen-bond acceptors (Lipinski definition) is 9. The summed E-state index contributed by atoms with van der Waals surface area (Å²) in [5.74, 6) is -0.729. The van der Waals surface area contributed by atoms with Crippen LogP contribution in [0, 0.1) is 0 Å². The molecule has 2 amide bonds. The van der Waals surface area contributed by atoms with Crippen LogP contribution in [0.3, 0.4) is 0 Å². The topological polar surface area (TPSA) is 180 Å². The summed E-state index contributed by atoms with van der Waals surface area (Å²) in [6.07, 6.45) is -0.178. The minimum atomic E-state index is -5.85. The van der Waals surface area contributed by atoms with E-state index in [4.69, 9.17) is 9.47 Å². The average Bonchev–Trinajstić information content (AvgIpc) is 3.37. The van der Waals surface area contributed by atoms with Crippen LogP contribution < -0.4 is 9.74 Å². The van der Waals surface area contributed by atoms with Gasteiger partial charge in [0.25, 0.3) is 11.4 Å². The lowest BCUT2D eigenvalue weighted by Crippen LogP contribution is -2.45. The van der Waals surface area contributed by atoms with Crippen LogP contribution in [0.15, 0.2) is 4.79 Å². The third-order valence-electron chi connectivity index (χ3n) is 6.33. The number of carbonyl (C=O) groups excluding carboxylic acids is 2. The second-order valence-corrected chi connectivity index (χ2v) is 13.9. The lowest BCUT2D eigenvalue weighted by Gasteiger charge is -2.34. The zero-order valence-corrected chi connectivity index (χ0v) is 25.9. The number of ether oxygens (including phenoxy) is 2. The van der Waals surface area contributed by atoms with E-state index in [-0.39, 0.29) is 42.3 Å². The van der Waals surface area contributed by atoms with Crippen molar-refractivity contribution >= 4 is 22.3 Å². The van der Waals surface area contributed by atoms with Crippen molar-refractivity contribution in [3.8, 4) is 5.88 Å². The third-order valence-corrected chi connectivity index (χ3v) is 7.27. The van der Waals surface area contributed by atoms with Gasteiger partial charge in [0.2, 0.25) is 0 Å². The van der Waals surface area contributed by atoms with E-state index in [1.807, 2.05) is 27.7 Å². The Morgan fingerprint density at radius 3 is 1.77 bits per heavy atom. The highest BCUT2D eigenvalue weighted by Gasteiger charge is 2.49. The SMILES string of the molecule is C[C@H]1Cc2[nH][nH]c(=O)c2CN1C(=O)OC(C)(C)C.C[C@H]1Cc2[nH]nc(OS(=O)(=O)C(F)(F)F)c2CN1C(=O)OC(C)(C)C. The van der Waals surface area contributed by atoms with Crippen molar-refractivity contribution in [2.24, 2.45) is 0 Å². The summed E-state index contributed by atoms with van der Waals surface area (Å²) in [5, 5.41) is 11.3. The zero-order chi connectivity index (χ0) is 32.7. The van der Waals surface area contributed by atoms with E-state index in [9.17, 15) is 36.0 Å². The lowest BCUT2D eigenvalue weighted by molar-refractivity contribution is -0.0502. The number of nitrogens with one attached hydrogen (secondary N) is 3. The van der Waals surface area contributed by atoms with Gasteiger partial charge in [0.15, 0.2) is 0 Å². The molecule has 0 saturated heterocycles. The Morgan fingerprint density at radius 2 is 1.30 bits per heavy atom. The molecule has 0 aliphatic carbocycles. The van der Waals surface area contributed by atoms with Gasteiger partial charge in [-0.25, -0.2) is 9.59 Å². The summed E-state index contributed by atoms with van der Waals surface area (Å²) < 4.78 is 74.4. The predicted octanol–water partition coefficient (Wildman–Crippen LogP) is 3.70. The number of aromatic amines is 3. The van der Waals surface area contributed by atoms with Crippen LogP contribution in [0.25, 0.3) is 0 Å². The Kier molecular flexibility index (Phi) is 9.25. The molecule has 0 spiro atoms. The van der Waals surface area contributed by atoms with Crippen molar-refractivity contribution in [2.45, 2.75) is 110 Å². The quantitative estimate of drug-likeness (QED) is 0.327. The molecule has 18 heteroatoms. The molecule has 4 rings (SSSR count).